The number of imidazole rings is 1. The van der Waals surface area contributed by atoms with Gasteiger partial charge in [0.1, 0.15) is 11.4 Å². The molecule has 0 saturated carbocycles. The summed E-state index contributed by atoms with van der Waals surface area (Å²) >= 11 is 0. The lowest BCUT2D eigenvalue weighted by molar-refractivity contribution is -0.671. The number of aromatic nitrogens is 2. The van der Waals surface area contributed by atoms with Crippen LogP contribution in [0.1, 0.15) is 51.7 Å². The van der Waals surface area contributed by atoms with Gasteiger partial charge in [-0.05, 0) is 53.2 Å². The number of hydrogen-bond acceptors (Lipinski definition) is 4. The Morgan fingerprint density at radius 1 is 1.25 bits per heavy atom. The number of rotatable bonds is 8. The zero-order valence-corrected chi connectivity index (χ0v) is 17.2. The number of carbonyl (C=O) groups excluding carboxylic acids is 1. The molecule has 8 heteroatoms. The highest BCUT2D eigenvalue weighted by molar-refractivity contribution is 5.87. The fourth-order valence-electron chi connectivity index (χ4n) is 3.05. The summed E-state index contributed by atoms with van der Waals surface area (Å²) in [6, 6.07) is 5.58. The van der Waals surface area contributed by atoms with Crippen molar-refractivity contribution in [3.8, 4) is 5.75 Å². The first-order valence-electron chi connectivity index (χ1n) is 9.57. The topological polar surface area (TPSA) is 93.7 Å². The van der Waals surface area contributed by atoms with Crippen molar-refractivity contribution in [3.63, 3.8) is 0 Å². The summed E-state index contributed by atoms with van der Waals surface area (Å²) in [6.07, 6.45) is 0.182. The fourth-order valence-corrected chi connectivity index (χ4v) is 3.05. The molecule has 2 aromatic rings. The summed E-state index contributed by atoms with van der Waals surface area (Å²) in [5, 5.41) is 12.3. The number of carboxylic acids is 1. The molecule has 154 valence electrons. The van der Waals surface area contributed by atoms with E-state index >= 15 is 0 Å². The molecule has 8 nitrogen and oxygen atoms in total. The van der Waals surface area contributed by atoms with E-state index in [0.717, 1.165) is 11.0 Å². The number of benzene rings is 1. The lowest BCUT2D eigenvalue weighted by atomic mass is 10.2. The molecule has 0 atom stereocenters. The Morgan fingerprint density at radius 2 is 1.96 bits per heavy atom. The Labute approximate surface area is 165 Å². The van der Waals surface area contributed by atoms with E-state index in [2.05, 4.69) is 5.32 Å². The quantitative estimate of drug-likeness (QED) is 0.532. The summed E-state index contributed by atoms with van der Waals surface area (Å²) in [6.45, 7) is 11.3. The number of hydrogen-bond donors (Lipinski definition) is 2. The van der Waals surface area contributed by atoms with E-state index < -0.39 is 17.7 Å². The second-order valence-corrected chi connectivity index (χ2v) is 7.40. The molecule has 28 heavy (non-hydrogen) atoms. The standard InChI is InChI=1S/C20H29N3O5/c1-6-22-15-10-9-14(13-16(15)23(7-2)17(22)18(24)25)27-12-8-11-21-19(26)28-20(3,4)5/h9-10,13H,6-8,11-12H2,1-5H3,(H-,21,24,25,26)/p+1. The van der Waals surface area contributed by atoms with Gasteiger partial charge in [-0.2, -0.15) is 0 Å². The molecule has 0 unspecified atom stereocenters. The van der Waals surface area contributed by atoms with E-state index in [1.807, 2.05) is 52.8 Å². The molecule has 2 N–H and O–H groups in total. The molecule has 0 fully saturated rings. The van der Waals surface area contributed by atoms with Crippen molar-refractivity contribution in [1.82, 2.24) is 9.88 Å². The highest BCUT2D eigenvalue weighted by Gasteiger charge is 2.29. The molecule has 1 amide bonds. The van der Waals surface area contributed by atoms with Crippen LogP contribution in [0.3, 0.4) is 0 Å². The number of carboxylic acid groups (broad SMARTS) is 1. The largest absolute Gasteiger partial charge is 0.493 e. The molecule has 0 aliphatic carbocycles. The van der Waals surface area contributed by atoms with Gasteiger partial charge in [-0.15, -0.1) is 0 Å². The lowest BCUT2D eigenvalue weighted by Crippen LogP contribution is -2.39. The van der Waals surface area contributed by atoms with Crippen LogP contribution in [0, 0.1) is 0 Å². The molecular formula is C20H30N3O5+. The van der Waals surface area contributed by atoms with E-state index in [9.17, 15) is 14.7 Å². The Morgan fingerprint density at radius 3 is 2.54 bits per heavy atom. The average Bonchev–Trinajstić information content (AvgIpc) is 2.92. The number of nitrogens with one attached hydrogen (secondary N) is 1. The molecule has 1 aromatic heterocycles. The normalized spacial score (nSPS) is 11.5. The molecule has 0 bridgehead atoms. The van der Waals surface area contributed by atoms with Crippen molar-refractivity contribution in [2.75, 3.05) is 13.2 Å². The van der Waals surface area contributed by atoms with Crippen molar-refractivity contribution in [2.24, 2.45) is 0 Å². The van der Waals surface area contributed by atoms with Crippen LogP contribution < -0.4 is 14.6 Å². The van der Waals surface area contributed by atoms with Gasteiger partial charge in [0, 0.05) is 12.6 Å². The average molecular weight is 392 g/mol. The van der Waals surface area contributed by atoms with Gasteiger partial charge in [-0.1, -0.05) is 0 Å². The first kappa shape index (κ1) is 21.5. The van der Waals surface area contributed by atoms with Crippen LogP contribution in [0.15, 0.2) is 18.2 Å². The van der Waals surface area contributed by atoms with Crippen LogP contribution in [0.5, 0.6) is 5.75 Å². The summed E-state index contributed by atoms with van der Waals surface area (Å²) in [4.78, 5) is 23.3. The molecule has 1 heterocycles. The predicted octanol–water partition coefficient (Wildman–Crippen LogP) is 2.96. The molecular weight excluding hydrogens is 362 g/mol. The van der Waals surface area contributed by atoms with Gasteiger partial charge in [-0.3, -0.25) is 0 Å². The van der Waals surface area contributed by atoms with Crippen molar-refractivity contribution in [2.45, 2.75) is 59.7 Å². The molecule has 2 rings (SSSR count). The fraction of sp³-hybridized carbons (Fsp3) is 0.550. The molecule has 0 aliphatic heterocycles. The monoisotopic (exact) mass is 392 g/mol. The predicted molar refractivity (Wildman–Crippen MR) is 105 cm³/mol. The van der Waals surface area contributed by atoms with Gasteiger partial charge in [0.2, 0.25) is 0 Å². The maximum absolute atomic E-state index is 11.7. The summed E-state index contributed by atoms with van der Waals surface area (Å²) in [5.74, 6) is -0.0218. The summed E-state index contributed by atoms with van der Waals surface area (Å²) in [7, 11) is 0. The first-order valence-corrected chi connectivity index (χ1v) is 9.57. The summed E-state index contributed by atoms with van der Waals surface area (Å²) < 4.78 is 14.5. The second kappa shape index (κ2) is 8.95. The van der Waals surface area contributed by atoms with E-state index in [1.54, 1.807) is 9.13 Å². The maximum atomic E-state index is 11.7. The van der Waals surface area contributed by atoms with Gasteiger partial charge in [0.05, 0.1) is 19.7 Å². The highest BCUT2D eigenvalue weighted by atomic mass is 16.6. The van der Waals surface area contributed by atoms with Crippen LogP contribution in [0.25, 0.3) is 11.0 Å². The van der Waals surface area contributed by atoms with Gasteiger partial charge in [-0.25, -0.2) is 18.7 Å². The van der Waals surface area contributed by atoms with Crippen LogP contribution in [-0.2, 0) is 17.8 Å². The number of aromatic carboxylic acids is 1. The number of amides is 1. The molecule has 0 radical (unpaired) electrons. The van der Waals surface area contributed by atoms with Crippen LogP contribution in [0.2, 0.25) is 0 Å². The van der Waals surface area contributed by atoms with E-state index in [4.69, 9.17) is 9.47 Å². The number of alkyl carbamates (subject to hydrolysis) is 1. The van der Waals surface area contributed by atoms with E-state index in [1.165, 1.54) is 0 Å². The van der Waals surface area contributed by atoms with Gasteiger partial charge >= 0.3 is 17.9 Å². The Kier molecular flexibility index (Phi) is 6.88. The molecule has 0 saturated heterocycles. The van der Waals surface area contributed by atoms with E-state index in [-0.39, 0.29) is 5.82 Å². The zero-order chi connectivity index (χ0) is 20.9. The lowest BCUT2D eigenvalue weighted by Gasteiger charge is -2.19. The third-order valence-corrected chi connectivity index (χ3v) is 4.12. The second-order valence-electron chi connectivity index (χ2n) is 7.40. The van der Waals surface area contributed by atoms with Crippen molar-refractivity contribution >= 4 is 23.1 Å². The maximum Gasteiger partial charge on any atom is 0.419 e. The number of fused-ring (bicyclic) bond motifs is 1. The Bertz CT molecular complexity index is 852. The third kappa shape index (κ3) is 5.15. The third-order valence-electron chi connectivity index (χ3n) is 4.12. The Balaban J connectivity index is 2.01. The first-order chi connectivity index (χ1) is 13.2. The van der Waals surface area contributed by atoms with Crippen molar-refractivity contribution < 1.29 is 28.7 Å². The van der Waals surface area contributed by atoms with Gasteiger partial charge in [0.15, 0.2) is 11.0 Å². The smallest absolute Gasteiger partial charge is 0.419 e. The molecule has 0 spiro atoms. The SMILES string of the molecule is CCn1c(C(=O)O)[n+](CC)c2ccc(OCCCNC(=O)OC(C)(C)C)cc21. The van der Waals surface area contributed by atoms with Gasteiger partial charge < -0.3 is 19.9 Å². The number of ether oxygens (including phenoxy) is 2. The Hall–Kier alpha value is -2.77. The van der Waals surface area contributed by atoms with Gasteiger partial charge in [0.25, 0.3) is 0 Å². The number of nitrogens with zero attached hydrogens (tertiary/aromatic N) is 2. The highest BCUT2D eigenvalue weighted by Crippen LogP contribution is 2.21. The number of aryl methyl sites for hydroxylation is 2. The minimum absolute atomic E-state index is 0.263. The van der Waals surface area contributed by atoms with E-state index in [0.29, 0.717) is 38.4 Å². The van der Waals surface area contributed by atoms with Crippen LogP contribution in [0.4, 0.5) is 4.79 Å². The summed E-state index contributed by atoms with van der Waals surface area (Å²) in [5.41, 5.74) is 1.17. The van der Waals surface area contributed by atoms with Crippen molar-refractivity contribution in [3.05, 3.63) is 24.0 Å². The molecule has 0 aliphatic rings. The van der Waals surface area contributed by atoms with Crippen molar-refractivity contribution in [1.29, 1.82) is 0 Å². The minimum Gasteiger partial charge on any atom is -0.493 e. The molecule has 1 aromatic carbocycles. The van der Waals surface area contributed by atoms with Crippen LogP contribution >= 0.6 is 0 Å². The number of carbonyl (C=O) groups is 2. The zero-order valence-electron chi connectivity index (χ0n) is 17.2. The minimum atomic E-state index is -0.949. The van der Waals surface area contributed by atoms with Crippen LogP contribution in [-0.4, -0.2) is 40.5 Å².